The van der Waals surface area contributed by atoms with Crippen molar-refractivity contribution in [3.8, 4) is 0 Å². The summed E-state index contributed by atoms with van der Waals surface area (Å²) < 4.78 is 40.8. The Kier molecular flexibility index (Phi) is 4.02. The molecule has 3 aromatic rings. The van der Waals surface area contributed by atoms with E-state index in [1.807, 2.05) is 0 Å². The molecule has 0 saturated carbocycles. The summed E-state index contributed by atoms with van der Waals surface area (Å²) in [6.45, 7) is 0.520. The molecule has 1 unspecified atom stereocenters. The largest absolute Gasteiger partial charge is 0.318 e. The molecular weight excluding hydrogens is 309 g/mol. The number of nitrogens with two attached hydrogens (primary N) is 1. The molecule has 0 saturated heterocycles. The summed E-state index contributed by atoms with van der Waals surface area (Å²) in [4.78, 5) is 10.3. The first-order chi connectivity index (χ1) is 11.0. The number of rotatable bonds is 4. The number of hydrogen-bond acceptors (Lipinski definition) is 5. The standard InChI is InChI=1S/C14H11F3N6/c15-10-12(16)21-14(22-13(10)17)11(18)9-3-1-8(2-4-9)5-23-7-19-6-20-23/h1-4,6-7,11H,5,18H2. The van der Waals surface area contributed by atoms with Crippen molar-refractivity contribution in [2.24, 2.45) is 5.73 Å². The van der Waals surface area contributed by atoms with Crippen LogP contribution in [-0.2, 0) is 6.54 Å². The lowest BCUT2D eigenvalue weighted by Gasteiger charge is -2.12. The van der Waals surface area contributed by atoms with Crippen LogP contribution in [0.1, 0.15) is 23.0 Å². The second-order valence-electron chi connectivity index (χ2n) is 4.79. The molecular formula is C14H11F3N6. The maximum atomic E-state index is 13.2. The summed E-state index contributed by atoms with van der Waals surface area (Å²) in [5, 5.41) is 3.99. The number of hydrogen-bond donors (Lipinski definition) is 1. The van der Waals surface area contributed by atoms with Gasteiger partial charge in [-0.15, -0.1) is 0 Å². The molecule has 3 rings (SSSR count). The maximum Gasteiger partial charge on any atom is 0.255 e. The van der Waals surface area contributed by atoms with Gasteiger partial charge in [0.05, 0.1) is 12.6 Å². The molecule has 118 valence electrons. The molecule has 6 nitrogen and oxygen atoms in total. The molecule has 0 aliphatic carbocycles. The SMILES string of the molecule is NC(c1ccc(Cn2cncn2)cc1)c1nc(F)c(F)c(F)n1. The van der Waals surface area contributed by atoms with Crippen molar-refractivity contribution in [2.45, 2.75) is 12.6 Å². The van der Waals surface area contributed by atoms with Crippen molar-refractivity contribution >= 4 is 0 Å². The van der Waals surface area contributed by atoms with Gasteiger partial charge in [-0.2, -0.15) is 28.2 Å². The van der Waals surface area contributed by atoms with Gasteiger partial charge in [0.15, 0.2) is 5.82 Å². The minimum absolute atomic E-state index is 0.328. The van der Waals surface area contributed by atoms with Crippen molar-refractivity contribution in [1.29, 1.82) is 0 Å². The Morgan fingerprint density at radius 1 is 1.04 bits per heavy atom. The first kappa shape index (κ1) is 15.1. The Morgan fingerprint density at radius 2 is 1.70 bits per heavy atom. The molecule has 0 aliphatic heterocycles. The van der Waals surface area contributed by atoms with E-state index in [9.17, 15) is 13.2 Å². The van der Waals surface area contributed by atoms with Gasteiger partial charge in [-0.3, -0.25) is 0 Å². The lowest BCUT2D eigenvalue weighted by atomic mass is 10.0. The van der Waals surface area contributed by atoms with Crippen LogP contribution in [-0.4, -0.2) is 24.7 Å². The molecule has 9 heteroatoms. The Morgan fingerprint density at radius 3 is 2.26 bits per heavy atom. The molecule has 0 amide bonds. The minimum Gasteiger partial charge on any atom is -0.318 e. The predicted octanol–water partition coefficient (Wildman–Crippen LogP) is 1.58. The molecule has 2 aromatic heterocycles. The summed E-state index contributed by atoms with van der Waals surface area (Å²) in [7, 11) is 0. The van der Waals surface area contributed by atoms with Crippen LogP contribution in [0.2, 0.25) is 0 Å². The van der Waals surface area contributed by atoms with E-state index >= 15 is 0 Å². The normalized spacial score (nSPS) is 12.3. The van der Waals surface area contributed by atoms with Gasteiger partial charge in [-0.1, -0.05) is 24.3 Å². The highest BCUT2D eigenvalue weighted by Gasteiger charge is 2.19. The third-order valence-electron chi connectivity index (χ3n) is 3.22. The number of nitrogens with zero attached hydrogens (tertiary/aromatic N) is 5. The predicted molar refractivity (Wildman–Crippen MR) is 73.5 cm³/mol. The van der Waals surface area contributed by atoms with E-state index in [0.717, 1.165) is 5.56 Å². The molecule has 1 atom stereocenters. The van der Waals surface area contributed by atoms with Crippen LogP contribution in [0.5, 0.6) is 0 Å². The third-order valence-corrected chi connectivity index (χ3v) is 3.22. The van der Waals surface area contributed by atoms with E-state index in [-0.39, 0.29) is 5.82 Å². The van der Waals surface area contributed by atoms with Crippen LogP contribution in [0.3, 0.4) is 0 Å². The number of halogens is 3. The van der Waals surface area contributed by atoms with Crippen molar-refractivity contribution in [3.63, 3.8) is 0 Å². The molecule has 0 fully saturated rings. The average Bonchev–Trinajstić information content (AvgIpc) is 3.05. The van der Waals surface area contributed by atoms with Gasteiger partial charge >= 0.3 is 0 Å². The second-order valence-corrected chi connectivity index (χ2v) is 4.79. The molecule has 0 spiro atoms. The molecule has 2 heterocycles. The first-order valence-electron chi connectivity index (χ1n) is 6.60. The van der Waals surface area contributed by atoms with Crippen LogP contribution in [0.15, 0.2) is 36.9 Å². The van der Waals surface area contributed by atoms with E-state index in [1.165, 1.54) is 6.33 Å². The van der Waals surface area contributed by atoms with Crippen molar-refractivity contribution < 1.29 is 13.2 Å². The van der Waals surface area contributed by atoms with E-state index in [1.54, 1.807) is 35.3 Å². The monoisotopic (exact) mass is 320 g/mol. The fraction of sp³-hybridized carbons (Fsp3) is 0.143. The third kappa shape index (κ3) is 3.19. The quantitative estimate of drug-likeness (QED) is 0.738. The zero-order valence-corrected chi connectivity index (χ0v) is 11.7. The average molecular weight is 320 g/mol. The molecule has 2 N–H and O–H groups in total. The van der Waals surface area contributed by atoms with Crippen molar-refractivity contribution in [2.75, 3.05) is 0 Å². The van der Waals surface area contributed by atoms with Crippen LogP contribution in [0, 0.1) is 17.7 Å². The smallest absolute Gasteiger partial charge is 0.255 e. The van der Waals surface area contributed by atoms with Gasteiger partial charge < -0.3 is 5.73 Å². The van der Waals surface area contributed by atoms with E-state index in [4.69, 9.17) is 5.73 Å². The summed E-state index contributed by atoms with van der Waals surface area (Å²) in [5.74, 6) is -5.17. The first-order valence-corrected chi connectivity index (χ1v) is 6.60. The van der Waals surface area contributed by atoms with E-state index in [2.05, 4.69) is 20.1 Å². The molecule has 0 bridgehead atoms. The van der Waals surface area contributed by atoms with Gasteiger partial charge in [0, 0.05) is 0 Å². The lowest BCUT2D eigenvalue weighted by Crippen LogP contribution is -2.18. The van der Waals surface area contributed by atoms with Crippen LogP contribution < -0.4 is 5.73 Å². The number of aromatic nitrogens is 5. The Bertz CT molecular complexity index is 781. The Labute approximate surface area is 128 Å². The lowest BCUT2D eigenvalue weighted by molar-refractivity contribution is 0.397. The molecule has 23 heavy (non-hydrogen) atoms. The van der Waals surface area contributed by atoms with Gasteiger partial charge in [-0.05, 0) is 11.1 Å². The Hall–Kier alpha value is -2.81. The zero-order chi connectivity index (χ0) is 16.4. The maximum absolute atomic E-state index is 13.2. The fourth-order valence-electron chi connectivity index (χ4n) is 2.03. The summed E-state index contributed by atoms with van der Waals surface area (Å²) >= 11 is 0. The highest BCUT2D eigenvalue weighted by Crippen LogP contribution is 2.19. The fourth-order valence-corrected chi connectivity index (χ4v) is 2.03. The van der Waals surface area contributed by atoms with E-state index in [0.29, 0.717) is 12.1 Å². The topological polar surface area (TPSA) is 82.5 Å². The summed E-state index contributed by atoms with van der Waals surface area (Å²) in [6.07, 6.45) is 3.01. The van der Waals surface area contributed by atoms with Gasteiger partial charge in [0.25, 0.3) is 11.9 Å². The van der Waals surface area contributed by atoms with Gasteiger partial charge in [0.1, 0.15) is 12.7 Å². The zero-order valence-electron chi connectivity index (χ0n) is 11.7. The van der Waals surface area contributed by atoms with Gasteiger partial charge in [0.2, 0.25) is 5.82 Å². The van der Waals surface area contributed by atoms with Crippen LogP contribution >= 0.6 is 0 Å². The Balaban J connectivity index is 1.81. The molecule has 0 radical (unpaired) electrons. The van der Waals surface area contributed by atoms with E-state index < -0.39 is 23.8 Å². The summed E-state index contributed by atoms with van der Waals surface area (Å²) in [5.41, 5.74) is 7.36. The van der Waals surface area contributed by atoms with Crippen LogP contribution in [0.4, 0.5) is 13.2 Å². The highest BCUT2D eigenvalue weighted by atomic mass is 19.2. The van der Waals surface area contributed by atoms with Crippen molar-refractivity contribution in [3.05, 3.63) is 71.6 Å². The van der Waals surface area contributed by atoms with Gasteiger partial charge in [-0.25, -0.2) is 9.67 Å². The summed E-state index contributed by atoms with van der Waals surface area (Å²) in [6, 6.07) is 5.96. The number of benzene rings is 1. The van der Waals surface area contributed by atoms with Crippen molar-refractivity contribution in [1.82, 2.24) is 24.7 Å². The molecule has 0 aliphatic rings. The minimum atomic E-state index is -1.72. The molecule has 1 aromatic carbocycles. The second kappa shape index (κ2) is 6.13. The highest BCUT2D eigenvalue weighted by molar-refractivity contribution is 5.28. The van der Waals surface area contributed by atoms with Crippen LogP contribution in [0.25, 0.3) is 0 Å².